The quantitative estimate of drug-likeness (QED) is 0.279. The van der Waals surface area contributed by atoms with Crippen molar-refractivity contribution in [1.82, 2.24) is 15.5 Å². The third-order valence-corrected chi connectivity index (χ3v) is 6.53. The van der Waals surface area contributed by atoms with Crippen molar-refractivity contribution in [2.75, 3.05) is 26.7 Å². The second-order valence-corrected chi connectivity index (χ2v) is 8.86. The summed E-state index contributed by atoms with van der Waals surface area (Å²) in [6.45, 7) is 11.3. The molecule has 2 heterocycles. The van der Waals surface area contributed by atoms with E-state index in [9.17, 15) is 4.79 Å². The first kappa shape index (κ1) is 27.5. The van der Waals surface area contributed by atoms with Crippen molar-refractivity contribution in [3.05, 3.63) is 23.3 Å². The number of fused-ring (bicyclic) bond motifs is 1. The van der Waals surface area contributed by atoms with E-state index in [-0.39, 0.29) is 36.0 Å². The summed E-state index contributed by atoms with van der Waals surface area (Å²) in [5.74, 6) is 3.07. The van der Waals surface area contributed by atoms with Crippen molar-refractivity contribution in [2.45, 2.75) is 78.5 Å². The average molecular weight is 573 g/mol. The zero-order valence-electron chi connectivity index (χ0n) is 20.8. The van der Waals surface area contributed by atoms with Crippen LogP contribution in [0.4, 0.5) is 0 Å². The summed E-state index contributed by atoms with van der Waals surface area (Å²) < 4.78 is 11.5. The lowest BCUT2D eigenvalue weighted by Gasteiger charge is -2.34. The van der Waals surface area contributed by atoms with Gasteiger partial charge < -0.3 is 25.0 Å². The molecule has 1 aromatic rings. The van der Waals surface area contributed by atoms with Crippen LogP contribution in [0.1, 0.15) is 64.5 Å². The van der Waals surface area contributed by atoms with Crippen LogP contribution in [0.5, 0.6) is 11.5 Å². The molecule has 0 saturated carbocycles. The van der Waals surface area contributed by atoms with Crippen LogP contribution >= 0.6 is 24.0 Å². The molecule has 33 heavy (non-hydrogen) atoms. The number of nitrogens with zero attached hydrogens (tertiary/aromatic N) is 2. The molecule has 1 unspecified atom stereocenters. The maximum absolute atomic E-state index is 12.7. The number of hydrogen-bond acceptors (Lipinski definition) is 4. The Hall–Kier alpha value is -1.71. The van der Waals surface area contributed by atoms with Crippen LogP contribution in [-0.4, -0.2) is 55.7 Å². The van der Waals surface area contributed by atoms with Crippen LogP contribution in [0.3, 0.4) is 0 Å². The Morgan fingerprint density at radius 3 is 2.55 bits per heavy atom. The fourth-order valence-corrected chi connectivity index (χ4v) is 4.61. The number of halogens is 1. The van der Waals surface area contributed by atoms with E-state index in [4.69, 9.17) is 14.5 Å². The first-order valence-electron chi connectivity index (χ1n) is 12.2. The van der Waals surface area contributed by atoms with Gasteiger partial charge >= 0.3 is 0 Å². The van der Waals surface area contributed by atoms with Crippen molar-refractivity contribution >= 4 is 35.8 Å². The Balaban J connectivity index is 0.00000385. The summed E-state index contributed by atoms with van der Waals surface area (Å²) in [5.41, 5.74) is 2.21. The van der Waals surface area contributed by atoms with Gasteiger partial charge in [-0.3, -0.25) is 4.79 Å². The number of benzene rings is 1. The molecular formula is C25H41IN4O3. The Morgan fingerprint density at radius 1 is 1.24 bits per heavy atom. The number of aliphatic imine (C=N–C) groups is 1. The van der Waals surface area contributed by atoms with Gasteiger partial charge in [0.25, 0.3) is 0 Å². The molecule has 0 bridgehead atoms. The Kier molecular flexibility index (Phi) is 11.1. The SMILES string of the molecule is CCNC(=NCc1cc2c(cc1OC)CC(C)O2)NC1CCN(C(=O)C(CC)CC)CC1.I. The largest absolute Gasteiger partial charge is 0.496 e. The number of amides is 1. The van der Waals surface area contributed by atoms with Gasteiger partial charge in [-0.05, 0) is 51.7 Å². The number of hydrogen-bond donors (Lipinski definition) is 2. The van der Waals surface area contributed by atoms with Crippen LogP contribution in [0.25, 0.3) is 0 Å². The van der Waals surface area contributed by atoms with E-state index in [1.54, 1.807) is 7.11 Å². The smallest absolute Gasteiger partial charge is 0.225 e. The molecule has 2 aliphatic rings. The van der Waals surface area contributed by atoms with Gasteiger partial charge in [0.1, 0.15) is 17.6 Å². The van der Waals surface area contributed by atoms with Crippen LogP contribution in [0.2, 0.25) is 0 Å². The van der Waals surface area contributed by atoms with E-state index in [0.717, 1.165) is 74.8 Å². The lowest BCUT2D eigenvalue weighted by atomic mass is 9.98. The zero-order valence-corrected chi connectivity index (χ0v) is 23.1. The van der Waals surface area contributed by atoms with Gasteiger partial charge in [0, 0.05) is 49.1 Å². The minimum absolute atomic E-state index is 0. The maximum atomic E-state index is 12.7. The molecule has 1 saturated heterocycles. The predicted molar refractivity (Wildman–Crippen MR) is 144 cm³/mol. The molecule has 1 amide bonds. The average Bonchev–Trinajstić information content (AvgIpc) is 3.16. The van der Waals surface area contributed by atoms with E-state index in [1.807, 2.05) is 4.90 Å². The van der Waals surface area contributed by atoms with Crippen molar-refractivity contribution < 1.29 is 14.3 Å². The molecule has 186 valence electrons. The van der Waals surface area contributed by atoms with Gasteiger partial charge in [-0.2, -0.15) is 0 Å². The summed E-state index contributed by atoms with van der Waals surface area (Å²) in [6.07, 6.45) is 4.82. The third-order valence-electron chi connectivity index (χ3n) is 6.53. The molecule has 0 radical (unpaired) electrons. The van der Waals surface area contributed by atoms with E-state index in [1.165, 1.54) is 5.56 Å². The lowest BCUT2D eigenvalue weighted by molar-refractivity contribution is -0.136. The fraction of sp³-hybridized carbons (Fsp3) is 0.680. The Morgan fingerprint density at radius 2 is 1.94 bits per heavy atom. The second-order valence-electron chi connectivity index (χ2n) is 8.86. The number of rotatable bonds is 8. The highest BCUT2D eigenvalue weighted by Crippen LogP contribution is 2.35. The molecule has 1 fully saturated rings. The Bertz CT molecular complexity index is 805. The minimum Gasteiger partial charge on any atom is -0.496 e. The summed E-state index contributed by atoms with van der Waals surface area (Å²) in [6, 6.07) is 4.45. The van der Waals surface area contributed by atoms with E-state index >= 15 is 0 Å². The first-order valence-corrected chi connectivity index (χ1v) is 12.2. The summed E-state index contributed by atoms with van der Waals surface area (Å²) in [4.78, 5) is 19.5. The highest BCUT2D eigenvalue weighted by molar-refractivity contribution is 14.0. The molecule has 1 aromatic carbocycles. The number of guanidine groups is 1. The lowest BCUT2D eigenvalue weighted by Crippen LogP contribution is -2.50. The molecule has 8 heteroatoms. The van der Waals surface area contributed by atoms with Gasteiger partial charge in [0.15, 0.2) is 5.96 Å². The van der Waals surface area contributed by atoms with Gasteiger partial charge in [0.2, 0.25) is 5.91 Å². The van der Waals surface area contributed by atoms with Gasteiger partial charge in [0.05, 0.1) is 13.7 Å². The second kappa shape index (κ2) is 13.2. The normalized spacial score (nSPS) is 18.4. The molecular weight excluding hydrogens is 531 g/mol. The highest BCUT2D eigenvalue weighted by atomic mass is 127. The number of nitrogens with one attached hydrogen (secondary N) is 2. The van der Waals surface area contributed by atoms with Crippen molar-refractivity contribution in [3.63, 3.8) is 0 Å². The molecule has 2 aliphatic heterocycles. The molecule has 1 atom stereocenters. The predicted octanol–water partition coefficient (Wildman–Crippen LogP) is 4.12. The van der Waals surface area contributed by atoms with E-state index < -0.39 is 0 Å². The zero-order chi connectivity index (χ0) is 23.1. The number of carbonyl (C=O) groups is 1. The summed E-state index contributed by atoms with van der Waals surface area (Å²) in [7, 11) is 1.70. The van der Waals surface area contributed by atoms with Crippen molar-refractivity contribution in [1.29, 1.82) is 0 Å². The fourth-order valence-electron chi connectivity index (χ4n) is 4.61. The monoisotopic (exact) mass is 572 g/mol. The standard InChI is InChI=1S/C25H40N4O3.HI/c1-6-18(7-2)24(30)29-11-9-21(10-12-29)28-25(26-8-3)27-16-20-15-23-19(13-17(4)32-23)14-22(20)31-5;/h14-15,17-18,21H,6-13,16H2,1-5H3,(H2,26,27,28);1H. The summed E-state index contributed by atoms with van der Waals surface area (Å²) in [5, 5.41) is 6.92. The number of carbonyl (C=O) groups excluding carboxylic acids is 1. The molecule has 0 spiro atoms. The highest BCUT2D eigenvalue weighted by Gasteiger charge is 2.27. The number of ether oxygens (including phenoxy) is 2. The van der Waals surface area contributed by atoms with Gasteiger partial charge in [-0.1, -0.05) is 13.8 Å². The molecule has 0 aliphatic carbocycles. The molecule has 3 rings (SSSR count). The molecule has 0 aromatic heterocycles. The third kappa shape index (κ3) is 7.13. The summed E-state index contributed by atoms with van der Waals surface area (Å²) >= 11 is 0. The van der Waals surface area contributed by atoms with Crippen LogP contribution < -0.4 is 20.1 Å². The van der Waals surface area contributed by atoms with Crippen molar-refractivity contribution in [3.8, 4) is 11.5 Å². The van der Waals surface area contributed by atoms with E-state index in [0.29, 0.717) is 18.5 Å². The van der Waals surface area contributed by atoms with Gasteiger partial charge in [-0.15, -0.1) is 24.0 Å². The van der Waals surface area contributed by atoms with Crippen LogP contribution in [-0.2, 0) is 17.8 Å². The molecule has 7 nitrogen and oxygen atoms in total. The topological polar surface area (TPSA) is 75.2 Å². The molecule has 2 N–H and O–H groups in total. The first-order chi connectivity index (χ1) is 15.5. The van der Waals surface area contributed by atoms with E-state index in [2.05, 4.69) is 50.5 Å². The number of piperidine rings is 1. The van der Waals surface area contributed by atoms with Gasteiger partial charge in [-0.25, -0.2) is 4.99 Å². The Labute approximate surface area is 216 Å². The van der Waals surface area contributed by atoms with Crippen molar-refractivity contribution in [2.24, 2.45) is 10.9 Å². The van der Waals surface area contributed by atoms with Crippen LogP contribution in [0, 0.1) is 5.92 Å². The maximum Gasteiger partial charge on any atom is 0.225 e. The van der Waals surface area contributed by atoms with Crippen LogP contribution in [0.15, 0.2) is 17.1 Å². The number of methoxy groups -OCH3 is 1. The number of likely N-dealkylation sites (tertiary alicyclic amines) is 1. The minimum atomic E-state index is 0.